The summed E-state index contributed by atoms with van der Waals surface area (Å²) >= 11 is 1.55. The zero-order valence-corrected chi connectivity index (χ0v) is 12.2. The second-order valence-corrected chi connectivity index (χ2v) is 5.69. The molecule has 1 aromatic carbocycles. The topological polar surface area (TPSA) is 35.8 Å². The highest BCUT2D eigenvalue weighted by molar-refractivity contribution is 7.16. The highest BCUT2D eigenvalue weighted by Crippen LogP contribution is 2.30. The number of benzene rings is 1. The van der Waals surface area contributed by atoms with Crippen LogP contribution in [0.5, 0.6) is 0 Å². The second-order valence-electron chi connectivity index (χ2n) is 4.60. The summed E-state index contributed by atoms with van der Waals surface area (Å²) in [6.07, 6.45) is 1.16. The van der Waals surface area contributed by atoms with Crippen molar-refractivity contribution in [3.63, 3.8) is 0 Å². The molecule has 98 valence electrons. The van der Waals surface area contributed by atoms with E-state index in [1.54, 1.807) is 11.3 Å². The van der Waals surface area contributed by atoms with E-state index < -0.39 is 0 Å². The number of rotatable bonds is 5. The maximum Gasteiger partial charge on any atom is 0.110 e. The van der Waals surface area contributed by atoms with Gasteiger partial charge in [0.05, 0.1) is 0 Å². The van der Waals surface area contributed by atoms with E-state index in [9.17, 15) is 0 Å². The van der Waals surface area contributed by atoms with Crippen molar-refractivity contribution in [2.24, 2.45) is 0 Å². The zero-order valence-electron chi connectivity index (χ0n) is 11.4. The number of thiophene rings is 1. The lowest BCUT2D eigenvalue weighted by atomic mass is 10.0. The first-order valence-electron chi connectivity index (χ1n) is 6.55. The van der Waals surface area contributed by atoms with Crippen molar-refractivity contribution in [3.8, 4) is 16.5 Å². The van der Waals surface area contributed by atoms with Crippen LogP contribution in [0.15, 0.2) is 30.3 Å². The van der Waals surface area contributed by atoms with E-state index in [2.05, 4.69) is 43.4 Å². The largest absolute Gasteiger partial charge is 0.313 e. The Morgan fingerprint density at radius 1 is 1.26 bits per heavy atom. The molecule has 0 unspecified atom stereocenters. The Morgan fingerprint density at radius 3 is 2.74 bits per heavy atom. The number of aryl methyl sites for hydroxylation is 1. The lowest BCUT2D eigenvalue weighted by molar-refractivity contribution is 0.675. The molecule has 1 heterocycles. The van der Waals surface area contributed by atoms with Gasteiger partial charge in [0.15, 0.2) is 0 Å². The van der Waals surface area contributed by atoms with Crippen molar-refractivity contribution in [3.05, 3.63) is 46.3 Å². The van der Waals surface area contributed by atoms with Gasteiger partial charge >= 0.3 is 0 Å². The summed E-state index contributed by atoms with van der Waals surface area (Å²) in [5, 5.41) is 12.3. The molecule has 0 aliphatic carbocycles. The SMILES string of the molecule is CCCNCc1ccc(-c2ccc(C#N)s2)c(C)c1. The normalized spacial score (nSPS) is 10.4. The van der Waals surface area contributed by atoms with E-state index in [0.717, 1.165) is 24.4 Å². The van der Waals surface area contributed by atoms with Crippen LogP contribution in [0.4, 0.5) is 0 Å². The first kappa shape index (κ1) is 13.8. The summed E-state index contributed by atoms with van der Waals surface area (Å²) in [5.74, 6) is 0. The van der Waals surface area contributed by atoms with Crippen LogP contribution in [0.25, 0.3) is 10.4 Å². The van der Waals surface area contributed by atoms with Crippen molar-refractivity contribution >= 4 is 11.3 Å². The monoisotopic (exact) mass is 270 g/mol. The maximum atomic E-state index is 8.88. The number of hydrogen-bond donors (Lipinski definition) is 1. The van der Waals surface area contributed by atoms with E-state index in [1.165, 1.54) is 21.6 Å². The molecule has 0 saturated heterocycles. The predicted octanol–water partition coefficient (Wildman–Crippen LogP) is 4.09. The van der Waals surface area contributed by atoms with Gasteiger partial charge in [-0.2, -0.15) is 5.26 Å². The van der Waals surface area contributed by atoms with Crippen molar-refractivity contribution < 1.29 is 0 Å². The molecule has 3 heteroatoms. The molecule has 0 radical (unpaired) electrons. The summed E-state index contributed by atoms with van der Waals surface area (Å²) in [4.78, 5) is 1.94. The van der Waals surface area contributed by atoms with Gasteiger partial charge in [-0.05, 0) is 48.7 Å². The van der Waals surface area contributed by atoms with Gasteiger partial charge < -0.3 is 5.32 Å². The van der Waals surface area contributed by atoms with E-state index in [4.69, 9.17) is 5.26 Å². The maximum absolute atomic E-state index is 8.88. The molecule has 0 aliphatic heterocycles. The van der Waals surface area contributed by atoms with Crippen LogP contribution >= 0.6 is 11.3 Å². The van der Waals surface area contributed by atoms with Crippen molar-refractivity contribution in [2.75, 3.05) is 6.54 Å². The third kappa shape index (κ3) is 3.44. The van der Waals surface area contributed by atoms with Gasteiger partial charge in [0.1, 0.15) is 10.9 Å². The van der Waals surface area contributed by atoms with Crippen molar-refractivity contribution in [1.82, 2.24) is 5.32 Å². The standard InChI is InChI=1S/C16H18N2S/c1-3-8-18-11-13-4-6-15(12(2)9-13)16-7-5-14(10-17)19-16/h4-7,9,18H,3,8,11H2,1-2H3. The molecule has 0 amide bonds. The Labute approximate surface area is 118 Å². The van der Waals surface area contributed by atoms with Crippen molar-refractivity contribution in [1.29, 1.82) is 5.26 Å². The predicted molar refractivity (Wildman–Crippen MR) is 81.2 cm³/mol. The van der Waals surface area contributed by atoms with Gasteiger partial charge in [0, 0.05) is 11.4 Å². The summed E-state index contributed by atoms with van der Waals surface area (Å²) in [6.45, 7) is 6.27. The number of nitrogens with one attached hydrogen (secondary N) is 1. The smallest absolute Gasteiger partial charge is 0.110 e. The van der Waals surface area contributed by atoms with Gasteiger partial charge in [0.25, 0.3) is 0 Å². The van der Waals surface area contributed by atoms with E-state index in [0.29, 0.717) is 0 Å². The Hall–Kier alpha value is -1.63. The Bertz CT molecular complexity index is 593. The minimum Gasteiger partial charge on any atom is -0.313 e. The van der Waals surface area contributed by atoms with Crippen LogP contribution in [0, 0.1) is 18.3 Å². The lowest BCUT2D eigenvalue weighted by Gasteiger charge is -2.08. The van der Waals surface area contributed by atoms with Crippen LogP contribution in [0.1, 0.15) is 29.3 Å². The third-order valence-corrected chi connectivity index (χ3v) is 4.05. The summed E-state index contributed by atoms with van der Waals surface area (Å²) < 4.78 is 0. The van der Waals surface area contributed by atoms with E-state index >= 15 is 0 Å². The lowest BCUT2D eigenvalue weighted by Crippen LogP contribution is -2.13. The number of nitrogens with zero attached hydrogens (tertiary/aromatic N) is 1. The molecule has 2 rings (SSSR count). The fourth-order valence-electron chi connectivity index (χ4n) is 2.06. The summed E-state index contributed by atoms with van der Waals surface area (Å²) in [6, 6.07) is 12.7. The molecular formula is C16H18N2S. The Balaban J connectivity index is 2.17. The second kappa shape index (κ2) is 6.51. The van der Waals surface area contributed by atoms with Crippen LogP contribution in [0.2, 0.25) is 0 Å². The first-order valence-corrected chi connectivity index (χ1v) is 7.36. The molecule has 0 bridgehead atoms. The molecular weight excluding hydrogens is 252 g/mol. The molecule has 19 heavy (non-hydrogen) atoms. The fourth-order valence-corrected chi connectivity index (χ4v) is 2.96. The third-order valence-electron chi connectivity index (χ3n) is 3.03. The van der Waals surface area contributed by atoms with Crippen LogP contribution in [-0.2, 0) is 6.54 Å². The van der Waals surface area contributed by atoms with Crippen LogP contribution in [-0.4, -0.2) is 6.54 Å². The van der Waals surface area contributed by atoms with Crippen molar-refractivity contribution in [2.45, 2.75) is 26.8 Å². The molecule has 0 saturated carbocycles. The Kier molecular flexibility index (Phi) is 4.73. The zero-order chi connectivity index (χ0) is 13.7. The minimum atomic E-state index is 0.767. The molecule has 2 nitrogen and oxygen atoms in total. The van der Waals surface area contributed by atoms with Crippen LogP contribution < -0.4 is 5.32 Å². The van der Waals surface area contributed by atoms with Gasteiger partial charge in [-0.3, -0.25) is 0 Å². The number of nitriles is 1. The fraction of sp³-hybridized carbons (Fsp3) is 0.312. The minimum absolute atomic E-state index is 0.767. The summed E-state index contributed by atoms with van der Waals surface area (Å²) in [7, 11) is 0. The molecule has 1 N–H and O–H groups in total. The highest BCUT2D eigenvalue weighted by atomic mass is 32.1. The summed E-state index contributed by atoms with van der Waals surface area (Å²) in [5.41, 5.74) is 3.81. The molecule has 0 fully saturated rings. The Morgan fingerprint density at radius 2 is 2.11 bits per heavy atom. The average Bonchev–Trinajstić information content (AvgIpc) is 2.88. The van der Waals surface area contributed by atoms with Gasteiger partial charge in [-0.15, -0.1) is 11.3 Å². The molecule has 0 spiro atoms. The molecule has 0 atom stereocenters. The molecule has 0 aliphatic rings. The highest BCUT2D eigenvalue weighted by Gasteiger charge is 2.06. The average molecular weight is 270 g/mol. The molecule has 2 aromatic rings. The van der Waals surface area contributed by atoms with Gasteiger partial charge in [0.2, 0.25) is 0 Å². The van der Waals surface area contributed by atoms with E-state index in [1.807, 2.05) is 12.1 Å². The number of hydrogen-bond acceptors (Lipinski definition) is 3. The quantitative estimate of drug-likeness (QED) is 0.830. The van der Waals surface area contributed by atoms with Crippen LogP contribution in [0.3, 0.4) is 0 Å². The van der Waals surface area contributed by atoms with E-state index in [-0.39, 0.29) is 0 Å². The van der Waals surface area contributed by atoms with Gasteiger partial charge in [-0.1, -0.05) is 25.1 Å². The first-order chi connectivity index (χ1) is 9.24. The van der Waals surface area contributed by atoms with Gasteiger partial charge in [-0.25, -0.2) is 0 Å². The molecule has 1 aromatic heterocycles.